The zero-order valence-electron chi connectivity index (χ0n) is 18.3. The quantitative estimate of drug-likeness (QED) is 0.198. The number of aliphatic imine (C=N–C) groups is 1. The first-order valence-corrected chi connectivity index (χ1v) is 11.1. The summed E-state index contributed by atoms with van der Waals surface area (Å²) in [7, 11) is 0. The molecule has 1 aliphatic heterocycles. The van der Waals surface area contributed by atoms with E-state index in [0.29, 0.717) is 37.0 Å². The molecule has 1 unspecified atom stereocenters. The van der Waals surface area contributed by atoms with E-state index < -0.39 is 0 Å². The maximum atomic E-state index is 12.4. The van der Waals surface area contributed by atoms with Gasteiger partial charge in [0.25, 0.3) is 0 Å². The van der Waals surface area contributed by atoms with Gasteiger partial charge in [-0.1, -0.05) is 41.9 Å². The number of nitrogens with zero attached hydrogens (tertiary/aromatic N) is 3. The standard InChI is InChI=1S/C23H30ClN5O2.HI/c1-2-25-23(26-11-13-31-21-9-8-20(24)16-27-21)28-15-19-14-22(30)29(17-19)12-10-18-6-4-3-5-7-18;/h3-9,16,19H,2,10-15,17H2,1H3,(H2,25,26,28);1H. The van der Waals surface area contributed by atoms with Crippen molar-refractivity contribution in [1.82, 2.24) is 20.5 Å². The van der Waals surface area contributed by atoms with Crippen LogP contribution in [-0.4, -0.2) is 61.1 Å². The first-order valence-electron chi connectivity index (χ1n) is 10.7. The molecule has 0 aliphatic carbocycles. The largest absolute Gasteiger partial charge is 0.476 e. The molecule has 1 aromatic heterocycles. The number of ether oxygens (including phenoxy) is 1. The molecule has 1 fully saturated rings. The molecule has 2 heterocycles. The summed E-state index contributed by atoms with van der Waals surface area (Å²) in [6.45, 7) is 5.96. The van der Waals surface area contributed by atoms with Crippen LogP contribution in [0.4, 0.5) is 0 Å². The van der Waals surface area contributed by atoms with Gasteiger partial charge in [0.1, 0.15) is 6.61 Å². The summed E-state index contributed by atoms with van der Waals surface area (Å²) >= 11 is 5.82. The minimum Gasteiger partial charge on any atom is -0.476 e. The van der Waals surface area contributed by atoms with Gasteiger partial charge < -0.3 is 20.3 Å². The lowest BCUT2D eigenvalue weighted by Crippen LogP contribution is -2.39. The van der Waals surface area contributed by atoms with Crippen molar-refractivity contribution in [2.75, 3.05) is 39.3 Å². The Bertz CT molecular complexity index is 851. The number of nitrogens with one attached hydrogen (secondary N) is 2. The summed E-state index contributed by atoms with van der Waals surface area (Å²) in [5.41, 5.74) is 1.26. The van der Waals surface area contributed by atoms with Crippen molar-refractivity contribution in [3.63, 3.8) is 0 Å². The maximum absolute atomic E-state index is 12.4. The van der Waals surface area contributed by atoms with E-state index in [2.05, 4.69) is 32.7 Å². The third kappa shape index (κ3) is 8.82. The van der Waals surface area contributed by atoms with Crippen LogP contribution in [0.5, 0.6) is 5.88 Å². The molecule has 1 atom stereocenters. The van der Waals surface area contributed by atoms with Gasteiger partial charge in [-0.05, 0) is 25.0 Å². The van der Waals surface area contributed by atoms with Crippen molar-refractivity contribution in [3.05, 3.63) is 59.2 Å². The van der Waals surface area contributed by atoms with E-state index in [1.54, 1.807) is 18.3 Å². The number of aromatic nitrogens is 1. The number of hydrogen-bond donors (Lipinski definition) is 2. The minimum absolute atomic E-state index is 0. The molecule has 2 aromatic rings. The SMILES string of the molecule is CCNC(=NCC1CC(=O)N(CCc2ccccc2)C1)NCCOc1ccc(Cl)cn1.I. The fraction of sp³-hybridized carbons (Fsp3) is 0.435. The lowest BCUT2D eigenvalue weighted by Gasteiger charge is -2.16. The van der Waals surface area contributed by atoms with Crippen molar-refractivity contribution in [2.24, 2.45) is 10.9 Å². The van der Waals surface area contributed by atoms with E-state index in [1.807, 2.05) is 30.0 Å². The van der Waals surface area contributed by atoms with E-state index in [1.165, 1.54) is 5.56 Å². The van der Waals surface area contributed by atoms with Crippen LogP contribution in [0.15, 0.2) is 53.7 Å². The van der Waals surface area contributed by atoms with Crippen molar-refractivity contribution in [1.29, 1.82) is 0 Å². The molecule has 2 N–H and O–H groups in total. The van der Waals surface area contributed by atoms with Crippen LogP contribution in [0, 0.1) is 5.92 Å². The highest BCUT2D eigenvalue weighted by atomic mass is 127. The highest BCUT2D eigenvalue weighted by Crippen LogP contribution is 2.18. The highest BCUT2D eigenvalue weighted by molar-refractivity contribution is 14.0. The molecule has 0 radical (unpaired) electrons. The summed E-state index contributed by atoms with van der Waals surface area (Å²) in [6, 6.07) is 13.8. The van der Waals surface area contributed by atoms with Gasteiger partial charge in [0, 0.05) is 50.8 Å². The van der Waals surface area contributed by atoms with E-state index >= 15 is 0 Å². The van der Waals surface area contributed by atoms with Crippen molar-refractivity contribution in [2.45, 2.75) is 19.8 Å². The molecule has 0 bridgehead atoms. The molecule has 7 nitrogen and oxygen atoms in total. The summed E-state index contributed by atoms with van der Waals surface area (Å²) in [5, 5.41) is 7.07. The van der Waals surface area contributed by atoms with Gasteiger partial charge in [-0.3, -0.25) is 9.79 Å². The van der Waals surface area contributed by atoms with Crippen LogP contribution in [0.1, 0.15) is 18.9 Å². The van der Waals surface area contributed by atoms with Gasteiger partial charge in [0.05, 0.1) is 11.6 Å². The topological polar surface area (TPSA) is 78.9 Å². The van der Waals surface area contributed by atoms with Crippen LogP contribution in [0.2, 0.25) is 5.02 Å². The maximum Gasteiger partial charge on any atom is 0.223 e. The Hall–Kier alpha value is -2.07. The molecule has 1 amide bonds. The number of guanidine groups is 1. The molecular weight excluding hydrogens is 541 g/mol. The van der Waals surface area contributed by atoms with Crippen LogP contribution in [-0.2, 0) is 11.2 Å². The number of rotatable bonds is 10. The molecule has 1 aromatic carbocycles. The lowest BCUT2D eigenvalue weighted by molar-refractivity contribution is -0.127. The fourth-order valence-electron chi connectivity index (χ4n) is 3.44. The number of hydrogen-bond acceptors (Lipinski definition) is 4. The van der Waals surface area contributed by atoms with Crippen molar-refractivity contribution < 1.29 is 9.53 Å². The average molecular weight is 572 g/mol. The summed E-state index contributed by atoms with van der Waals surface area (Å²) in [4.78, 5) is 23.1. The number of amides is 1. The van der Waals surface area contributed by atoms with Gasteiger partial charge >= 0.3 is 0 Å². The Labute approximate surface area is 212 Å². The molecule has 3 rings (SSSR count). The average Bonchev–Trinajstić information content (AvgIpc) is 3.15. The zero-order valence-corrected chi connectivity index (χ0v) is 21.4. The predicted molar refractivity (Wildman–Crippen MR) is 139 cm³/mol. The Morgan fingerprint density at radius 2 is 2.06 bits per heavy atom. The summed E-state index contributed by atoms with van der Waals surface area (Å²) < 4.78 is 5.59. The van der Waals surface area contributed by atoms with Gasteiger partial charge in [-0.2, -0.15) is 0 Å². The number of carbonyl (C=O) groups excluding carboxylic acids is 1. The third-order valence-corrected chi connectivity index (χ3v) is 5.23. The molecule has 0 spiro atoms. The fourth-order valence-corrected chi connectivity index (χ4v) is 3.55. The third-order valence-electron chi connectivity index (χ3n) is 5.00. The Kier molecular flexibility index (Phi) is 11.6. The Balaban J connectivity index is 0.00000363. The normalized spacial score (nSPS) is 15.9. The highest BCUT2D eigenvalue weighted by Gasteiger charge is 2.28. The number of likely N-dealkylation sites (tertiary alicyclic amines) is 1. The Morgan fingerprint density at radius 1 is 1.25 bits per heavy atom. The second kappa shape index (κ2) is 14.2. The minimum atomic E-state index is 0. The molecule has 174 valence electrons. The second-order valence-corrected chi connectivity index (χ2v) is 7.89. The number of pyridine rings is 1. The van der Waals surface area contributed by atoms with E-state index in [9.17, 15) is 4.79 Å². The first-order chi connectivity index (χ1) is 15.1. The number of halogens is 2. The van der Waals surface area contributed by atoms with Crippen LogP contribution in [0.25, 0.3) is 0 Å². The molecule has 32 heavy (non-hydrogen) atoms. The van der Waals surface area contributed by atoms with Crippen LogP contribution in [0.3, 0.4) is 0 Å². The zero-order chi connectivity index (χ0) is 21.9. The van der Waals surface area contributed by atoms with E-state index in [0.717, 1.165) is 32.0 Å². The number of carbonyl (C=O) groups is 1. The molecule has 1 saturated heterocycles. The van der Waals surface area contributed by atoms with Gasteiger partial charge in [0.2, 0.25) is 11.8 Å². The van der Waals surface area contributed by atoms with E-state index in [-0.39, 0.29) is 35.8 Å². The van der Waals surface area contributed by atoms with E-state index in [4.69, 9.17) is 16.3 Å². The number of benzene rings is 1. The monoisotopic (exact) mass is 571 g/mol. The predicted octanol–water partition coefficient (Wildman–Crippen LogP) is 3.38. The van der Waals surface area contributed by atoms with Crippen LogP contribution < -0.4 is 15.4 Å². The van der Waals surface area contributed by atoms with Gasteiger partial charge in [0.15, 0.2) is 5.96 Å². The summed E-state index contributed by atoms with van der Waals surface area (Å²) in [5.74, 6) is 1.73. The smallest absolute Gasteiger partial charge is 0.223 e. The van der Waals surface area contributed by atoms with Crippen molar-refractivity contribution >= 4 is 47.4 Å². The van der Waals surface area contributed by atoms with Gasteiger partial charge in [-0.15, -0.1) is 24.0 Å². The van der Waals surface area contributed by atoms with Crippen molar-refractivity contribution in [3.8, 4) is 5.88 Å². The molecular formula is C23H31ClIN5O2. The second-order valence-electron chi connectivity index (χ2n) is 7.46. The lowest BCUT2D eigenvalue weighted by atomic mass is 10.1. The molecule has 9 heteroatoms. The van der Waals surface area contributed by atoms with Gasteiger partial charge in [-0.25, -0.2) is 4.98 Å². The molecule has 1 aliphatic rings. The molecule has 0 saturated carbocycles. The first kappa shape index (κ1) is 26.2. The van der Waals surface area contributed by atoms with Crippen LogP contribution >= 0.6 is 35.6 Å². The Morgan fingerprint density at radius 3 is 2.78 bits per heavy atom. The summed E-state index contributed by atoms with van der Waals surface area (Å²) in [6.07, 6.45) is 3.00.